The van der Waals surface area contributed by atoms with Gasteiger partial charge in [-0.25, -0.2) is 8.42 Å². The average molecular weight is 446 g/mol. The predicted molar refractivity (Wildman–Crippen MR) is 118 cm³/mol. The topological polar surface area (TPSA) is 105 Å². The highest BCUT2D eigenvalue weighted by molar-refractivity contribution is 7.89. The molecular formula is C22H27N3O5S. The van der Waals surface area contributed by atoms with E-state index in [9.17, 15) is 18.0 Å². The molecule has 0 bridgehead atoms. The van der Waals surface area contributed by atoms with E-state index in [4.69, 9.17) is 4.74 Å². The molecule has 2 aromatic rings. The predicted octanol–water partition coefficient (Wildman–Crippen LogP) is 3.08. The lowest BCUT2D eigenvalue weighted by Gasteiger charge is -2.18. The van der Waals surface area contributed by atoms with Crippen molar-refractivity contribution in [3.05, 3.63) is 48.5 Å². The molecular weight excluding hydrogens is 418 g/mol. The second-order valence-electron chi connectivity index (χ2n) is 7.24. The third-order valence-electron chi connectivity index (χ3n) is 4.90. The van der Waals surface area contributed by atoms with Gasteiger partial charge >= 0.3 is 0 Å². The van der Waals surface area contributed by atoms with Gasteiger partial charge in [-0.3, -0.25) is 9.59 Å². The van der Waals surface area contributed by atoms with Crippen LogP contribution in [-0.4, -0.2) is 44.2 Å². The molecule has 8 nitrogen and oxygen atoms in total. The van der Waals surface area contributed by atoms with Crippen LogP contribution in [-0.2, 0) is 19.6 Å². The normalized spacial score (nSPS) is 13.6. The number of nitrogens with zero attached hydrogens (tertiary/aromatic N) is 1. The molecule has 0 saturated heterocycles. The fraction of sp³-hybridized carbons (Fsp3) is 0.364. The van der Waals surface area contributed by atoms with Crippen LogP contribution in [0.15, 0.2) is 53.4 Å². The number of hydrogen-bond acceptors (Lipinski definition) is 5. The van der Waals surface area contributed by atoms with E-state index in [0.717, 1.165) is 12.8 Å². The van der Waals surface area contributed by atoms with Gasteiger partial charge in [-0.05, 0) is 49.2 Å². The summed E-state index contributed by atoms with van der Waals surface area (Å²) in [6.07, 6.45) is 1.84. The van der Waals surface area contributed by atoms with Gasteiger partial charge in [0.25, 0.3) is 5.91 Å². The maximum Gasteiger partial charge on any atom is 0.262 e. The summed E-state index contributed by atoms with van der Waals surface area (Å²) in [4.78, 5) is 24.2. The SMILES string of the molecule is CCN(CC)S(=O)(=O)c1ccc(NC(=O)COc2cccc(NC(=O)C3CC3)c2)cc1. The lowest BCUT2D eigenvalue weighted by atomic mass is 10.3. The first kappa shape index (κ1) is 22.8. The molecule has 1 fully saturated rings. The van der Waals surface area contributed by atoms with Crippen LogP contribution in [0.1, 0.15) is 26.7 Å². The van der Waals surface area contributed by atoms with Gasteiger partial charge in [-0.1, -0.05) is 19.9 Å². The van der Waals surface area contributed by atoms with E-state index in [1.165, 1.54) is 16.4 Å². The van der Waals surface area contributed by atoms with E-state index in [0.29, 0.717) is 30.2 Å². The van der Waals surface area contributed by atoms with Gasteiger partial charge in [-0.2, -0.15) is 4.31 Å². The second-order valence-corrected chi connectivity index (χ2v) is 9.18. The zero-order valence-electron chi connectivity index (χ0n) is 17.6. The van der Waals surface area contributed by atoms with Gasteiger partial charge in [0.15, 0.2) is 6.61 Å². The third-order valence-corrected chi connectivity index (χ3v) is 6.97. The van der Waals surface area contributed by atoms with Crippen LogP contribution < -0.4 is 15.4 Å². The first-order valence-corrected chi connectivity index (χ1v) is 11.7. The summed E-state index contributed by atoms with van der Waals surface area (Å²) in [5, 5.41) is 5.51. The Morgan fingerprint density at radius 3 is 2.29 bits per heavy atom. The fourth-order valence-electron chi connectivity index (χ4n) is 3.02. The van der Waals surface area contributed by atoms with E-state index in [1.54, 1.807) is 50.2 Å². The van der Waals surface area contributed by atoms with Crippen molar-refractivity contribution >= 4 is 33.2 Å². The zero-order valence-corrected chi connectivity index (χ0v) is 18.4. The number of amides is 2. The average Bonchev–Trinajstić information content (AvgIpc) is 3.59. The molecule has 2 amide bonds. The lowest BCUT2D eigenvalue weighted by Crippen LogP contribution is -2.30. The van der Waals surface area contributed by atoms with Crippen molar-refractivity contribution in [3.8, 4) is 5.75 Å². The van der Waals surface area contributed by atoms with E-state index in [-0.39, 0.29) is 29.2 Å². The quantitative estimate of drug-likeness (QED) is 0.585. The fourth-order valence-corrected chi connectivity index (χ4v) is 4.48. The maximum absolute atomic E-state index is 12.5. The highest BCUT2D eigenvalue weighted by atomic mass is 32.2. The van der Waals surface area contributed by atoms with Gasteiger partial charge in [0.05, 0.1) is 4.90 Å². The second kappa shape index (κ2) is 9.93. The maximum atomic E-state index is 12.5. The van der Waals surface area contributed by atoms with E-state index >= 15 is 0 Å². The minimum absolute atomic E-state index is 0.00125. The lowest BCUT2D eigenvalue weighted by molar-refractivity contribution is -0.118. The third kappa shape index (κ3) is 6.05. The molecule has 31 heavy (non-hydrogen) atoms. The van der Waals surface area contributed by atoms with Crippen LogP contribution >= 0.6 is 0 Å². The molecule has 1 saturated carbocycles. The first-order chi connectivity index (χ1) is 14.8. The summed E-state index contributed by atoms with van der Waals surface area (Å²) < 4.78 is 31.9. The molecule has 0 heterocycles. The number of carbonyl (C=O) groups is 2. The monoisotopic (exact) mass is 445 g/mol. The number of nitrogens with one attached hydrogen (secondary N) is 2. The summed E-state index contributed by atoms with van der Waals surface area (Å²) in [5.41, 5.74) is 1.09. The Morgan fingerprint density at radius 1 is 1.00 bits per heavy atom. The first-order valence-electron chi connectivity index (χ1n) is 10.3. The summed E-state index contributed by atoms with van der Waals surface area (Å²) in [5.74, 6) is 0.182. The van der Waals surface area contributed by atoms with Crippen molar-refractivity contribution < 1.29 is 22.7 Å². The van der Waals surface area contributed by atoms with E-state index < -0.39 is 10.0 Å². The summed E-state index contributed by atoms with van der Waals surface area (Å²) >= 11 is 0. The number of hydrogen-bond donors (Lipinski definition) is 2. The minimum atomic E-state index is -3.54. The molecule has 2 N–H and O–H groups in total. The van der Waals surface area contributed by atoms with Crippen molar-refractivity contribution in [2.24, 2.45) is 5.92 Å². The smallest absolute Gasteiger partial charge is 0.262 e. The van der Waals surface area contributed by atoms with Crippen molar-refractivity contribution in [1.29, 1.82) is 0 Å². The molecule has 2 aromatic carbocycles. The van der Waals surface area contributed by atoms with Gasteiger partial charge in [-0.15, -0.1) is 0 Å². The molecule has 0 aliphatic heterocycles. The van der Waals surface area contributed by atoms with Crippen molar-refractivity contribution in [3.63, 3.8) is 0 Å². The number of sulfonamides is 1. The van der Waals surface area contributed by atoms with Crippen LogP contribution in [0.5, 0.6) is 5.75 Å². The molecule has 9 heteroatoms. The minimum Gasteiger partial charge on any atom is -0.484 e. The van der Waals surface area contributed by atoms with Crippen molar-refractivity contribution in [1.82, 2.24) is 4.31 Å². The Bertz CT molecular complexity index is 1030. The highest BCUT2D eigenvalue weighted by Gasteiger charge is 2.29. The van der Waals surface area contributed by atoms with E-state index in [2.05, 4.69) is 10.6 Å². The molecule has 3 rings (SSSR count). The summed E-state index contributed by atoms with van der Waals surface area (Å²) in [7, 11) is -3.54. The van der Waals surface area contributed by atoms with E-state index in [1.807, 2.05) is 0 Å². The molecule has 166 valence electrons. The Labute approximate surface area is 182 Å². The van der Waals surface area contributed by atoms with Crippen LogP contribution in [0.25, 0.3) is 0 Å². The standard InChI is InChI=1S/C22H27N3O5S/c1-3-25(4-2)31(28,29)20-12-10-17(11-13-20)23-21(26)15-30-19-7-5-6-18(14-19)24-22(27)16-8-9-16/h5-7,10-14,16H,3-4,8-9,15H2,1-2H3,(H,23,26)(H,24,27). The van der Waals surface area contributed by atoms with Gasteiger partial charge < -0.3 is 15.4 Å². The van der Waals surface area contributed by atoms with Crippen LogP contribution in [0, 0.1) is 5.92 Å². The summed E-state index contributed by atoms with van der Waals surface area (Å²) in [6, 6.07) is 12.9. The van der Waals surface area contributed by atoms with Crippen molar-refractivity contribution in [2.45, 2.75) is 31.6 Å². The Morgan fingerprint density at radius 2 is 1.68 bits per heavy atom. The highest BCUT2D eigenvalue weighted by Crippen LogP contribution is 2.30. The summed E-state index contributed by atoms with van der Waals surface area (Å²) in [6.45, 7) is 4.12. The Kier molecular flexibility index (Phi) is 7.29. The molecule has 0 spiro atoms. The number of anilines is 2. The van der Waals surface area contributed by atoms with Gasteiger partial charge in [0, 0.05) is 36.4 Å². The number of benzene rings is 2. The van der Waals surface area contributed by atoms with Crippen LogP contribution in [0.2, 0.25) is 0 Å². The zero-order chi connectivity index (χ0) is 22.4. The molecule has 0 unspecified atom stereocenters. The largest absolute Gasteiger partial charge is 0.484 e. The molecule has 0 aromatic heterocycles. The van der Waals surface area contributed by atoms with Crippen molar-refractivity contribution in [2.75, 3.05) is 30.3 Å². The molecule has 1 aliphatic carbocycles. The van der Waals surface area contributed by atoms with Crippen LogP contribution in [0.3, 0.4) is 0 Å². The molecule has 0 radical (unpaired) electrons. The van der Waals surface area contributed by atoms with Gasteiger partial charge in [0.2, 0.25) is 15.9 Å². The number of ether oxygens (including phenoxy) is 1. The van der Waals surface area contributed by atoms with Gasteiger partial charge in [0.1, 0.15) is 5.75 Å². The molecule has 1 aliphatic rings. The molecule has 0 atom stereocenters. The number of rotatable bonds is 10. The Balaban J connectivity index is 1.53. The van der Waals surface area contributed by atoms with Crippen LogP contribution in [0.4, 0.5) is 11.4 Å². The Hall–Kier alpha value is -2.91. The number of carbonyl (C=O) groups excluding carboxylic acids is 2.